The van der Waals surface area contributed by atoms with Crippen LogP contribution in [0.2, 0.25) is 0 Å². The van der Waals surface area contributed by atoms with Crippen LogP contribution in [0.15, 0.2) is 48.5 Å². The first-order valence-corrected chi connectivity index (χ1v) is 10.1. The third kappa shape index (κ3) is 4.83. The Morgan fingerprint density at radius 3 is 2.50 bits per heavy atom. The molecule has 0 aromatic heterocycles. The SMILES string of the molecule is C[C@H](NC(=O)N1CCN(Cc2ccccc2)CC1)C(=O)Nc1ccc2c(c1)OCO2. The lowest BCUT2D eigenvalue weighted by molar-refractivity contribution is -0.117. The summed E-state index contributed by atoms with van der Waals surface area (Å²) in [7, 11) is 0. The minimum Gasteiger partial charge on any atom is -0.454 e. The molecule has 0 bridgehead atoms. The predicted molar refractivity (Wildman–Crippen MR) is 112 cm³/mol. The Balaban J connectivity index is 1.23. The van der Waals surface area contributed by atoms with Gasteiger partial charge < -0.3 is 25.0 Å². The number of hydrogen-bond donors (Lipinski definition) is 2. The average molecular weight is 410 g/mol. The van der Waals surface area contributed by atoms with Crippen LogP contribution < -0.4 is 20.1 Å². The van der Waals surface area contributed by atoms with Gasteiger partial charge in [-0.2, -0.15) is 0 Å². The number of amides is 3. The van der Waals surface area contributed by atoms with Crippen LogP contribution in [-0.2, 0) is 11.3 Å². The van der Waals surface area contributed by atoms with Crippen molar-refractivity contribution >= 4 is 17.6 Å². The summed E-state index contributed by atoms with van der Waals surface area (Å²) in [4.78, 5) is 29.1. The van der Waals surface area contributed by atoms with Crippen LogP contribution in [0.25, 0.3) is 0 Å². The summed E-state index contributed by atoms with van der Waals surface area (Å²) in [6.45, 7) is 5.61. The van der Waals surface area contributed by atoms with E-state index in [9.17, 15) is 9.59 Å². The number of rotatable bonds is 5. The van der Waals surface area contributed by atoms with Gasteiger partial charge in [0.15, 0.2) is 11.5 Å². The maximum absolute atomic E-state index is 12.6. The first-order valence-electron chi connectivity index (χ1n) is 10.1. The second-order valence-corrected chi connectivity index (χ2v) is 7.48. The van der Waals surface area contributed by atoms with Crippen molar-refractivity contribution in [3.8, 4) is 11.5 Å². The van der Waals surface area contributed by atoms with Crippen molar-refractivity contribution in [1.29, 1.82) is 0 Å². The van der Waals surface area contributed by atoms with E-state index in [-0.39, 0.29) is 18.7 Å². The second kappa shape index (κ2) is 9.04. The van der Waals surface area contributed by atoms with Crippen LogP contribution in [0.5, 0.6) is 11.5 Å². The van der Waals surface area contributed by atoms with E-state index in [1.165, 1.54) is 5.56 Å². The third-order valence-corrected chi connectivity index (χ3v) is 5.28. The number of carbonyl (C=O) groups excluding carboxylic acids is 2. The fraction of sp³-hybridized carbons (Fsp3) is 0.364. The number of piperazine rings is 1. The molecule has 4 rings (SSSR count). The van der Waals surface area contributed by atoms with E-state index in [0.717, 1.165) is 19.6 Å². The number of hydrogen-bond acceptors (Lipinski definition) is 5. The van der Waals surface area contributed by atoms with Crippen molar-refractivity contribution in [2.75, 3.05) is 38.3 Å². The smallest absolute Gasteiger partial charge is 0.318 e. The van der Waals surface area contributed by atoms with Gasteiger partial charge in [0, 0.05) is 44.5 Å². The standard InChI is InChI=1S/C22H26N4O4/c1-16(21(27)24-18-7-8-19-20(13-18)30-15-29-19)23-22(28)26-11-9-25(10-12-26)14-17-5-3-2-4-6-17/h2-8,13,16H,9-12,14-15H2,1H3,(H,23,28)(H,24,27)/t16-/m0/s1. The quantitative estimate of drug-likeness (QED) is 0.790. The minimum absolute atomic E-state index is 0.178. The Bertz CT molecular complexity index is 897. The van der Waals surface area contributed by atoms with Crippen molar-refractivity contribution in [2.45, 2.75) is 19.5 Å². The van der Waals surface area contributed by atoms with E-state index in [0.29, 0.717) is 30.3 Å². The van der Waals surface area contributed by atoms with Crippen molar-refractivity contribution in [3.63, 3.8) is 0 Å². The molecular formula is C22H26N4O4. The number of anilines is 1. The Morgan fingerprint density at radius 2 is 1.73 bits per heavy atom. The van der Waals surface area contributed by atoms with Gasteiger partial charge in [0.25, 0.3) is 0 Å². The molecule has 0 unspecified atom stereocenters. The van der Waals surface area contributed by atoms with E-state index >= 15 is 0 Å². The molecule has 30 heavy (non-hydrogen) atoms. The van der Waals surface area contributed by atoms with Gasteiger partial charge >= 0.3 is 6.03 Å². The maximum atomic E-state index is 12.6. The molecule has 158 valence electrons. The van der Waals surface area contributed by atoms with E-state index < -0.39 is 6.04 Å². The fourth-order valence-corrected chi connectivity index (χ4v) is 3.52. The molecule has 8 nitrogen and oxygen atoms in total. The van der Waals surface area contributed by atoms with Crippen LogP contribution in [-0.4, -0.2) is 60.8 Å². The molecule has 2 aromatic carbocycles. The summed E-state index contributed by atoms with van der Waals surface area (Å²) >= 11 is 0. The summed E-state index contributed by atoms with van der Waals surface area (Å²) in [5.74, 6) is 0.962. The van der Waals surface area contributed by atoms with E-state index in [1.54, 1.807) is 30.0 Å². The molecule has 3 amide bonds. The summed E-state index contributed by atoms with van der Waals surface area (Å²) in [6.07, 6.45) is 0. The third-order valence-electron chi connectivity index (χ3n) is 5.28. The van der Waals surface area contributed by atoms with Crippen molar-refractivity contribution in [1.82, 2.24) is 15.1 Å². The molecule has 2 heterocycles. The molecule has 0 radical (unpaired) electrons. The lowest BCUT2D eigenvalue weighted by atomic mass is 10.2. The molecule has 2 aliphatic heterocycles. The molecule has 1 atom stereocenters. The lowest BCUT2D eigenvalue weighted by Crippen LogP contribution is -2.54. The van der Waals surface area contributed by atoms with Crippen LogP contribution >= 0.6 is 0 Å². The average Bonchev–Trinajstić information content (AvgIpc) is 3.23. The molecule has 0 saturated carbocycles. The molecule has 2 aliphatic rings. The van der Waals surface area contributed by atoms with Crippen molar-refractivity contribution in [2.24, 2.45) is 0 Å². The van der Waals surface area contributed by atoms with Crippen LogP contribution in [0.4, 0.5) is 10.5 Å². The van der Waals surface area contributed by atoms with Gasteiger partial charge in [-0.25, -0.2) is 4.79 Å². The Kier molecular flexibility index (Phi) is 6.04. The van der Waals surface area contributed by atoms with E-state index in [1.807, 2.05) is 18.2 Å². The Labute approximate surface area is 175 Å². The number of ether oxygens (including phenoxy) is 2. The topological polar surface area (TPSA) is 83.1 Å². The molecule has 1 saturated heterocycles. The number of nitrogens with one attached hydrogen (secondary N) is 2. The zero-order valence-electron chi connectivity index (χ0n) is 17.0. The van der Waals surface area contributed by atoms with Gasteiger partial charge in [-0.3, -0.25) is 9.69 Å². The summed E-state index contributed by atoms with van der Waals surface area (Å²) in [5, 5.41) is 5.59. The molecule has 0 spiro atoms. The predicted octanol–water partition coefficient (Wildman–Crippen LogP) is 2.27. The minimum atomic E-state index is -0.662. The second-order valence-electron chi connectivity index (χ2n) is 7.48. The molecule has 8 heteroatoms. The zero-order valence-corrected chi connectivity index (χ0v) is 17.0. The highest BCUT2D eigenvalue weighted by atomic mass is 16.7. The van der Waals surface area contributed by atoms with Gasteiger partial charge in [0.1, 0.15) is 6.04 Å². The highest BCUT2D eigenvalue weighted by Gasteiger charge is 2.24. The van der Waals surface area contributed by atoms with Gasteiger partial charge in [0.2, 0.25) is 12.7 Å². The number of urea groups is 1. The van der Waals surface area contributed by atoms with Crippen LogP contribution in [0.1, 0.15) is 12.5 Å². The maximum Gasteiger partial charge on any atom is 0.318 e. The van der Waals surface area contributed by atoms with Crippen LogP contribution in [0, 0.1) is 0 Å². The molecule has 2 N–H and O–H groups in total. The number of fused-ring (bicyclic) bond motifs is 1. The van der Waals surface area contributed by atoms with Gasteiger partial charge in [0.05, 0.1) is 0 Å². The first kappa shape index (κ1) is 20.0. The number of benzene rings is 2. The monoisotopic (exact) mass is 410 g/mol. The van der Waals surface area contributed by atoms with E-state index in [4.69, 9.17) is 9.47 Å². The molecule has 0 aliphatic carbocycles. The molecule has 2 aromatic rings. The number of carbonyl (C=O) groups is 2. The largest absolute Gasteiger partial charge is 0.454 e. The Morgan fingerprint density at radius 1 is 1.00 bits per heavy atom. The van der Waals surface area contributed by atoms with E-state index in [2.05, 4.69) is 27.7 Å². The van der Waals surface area contributed by atoms with Gasteiger partial charge in [-0.05, 0) is 24.6 Å². The van der Waals surface area contributed by atoms with Crippen LogP contribution in [0.3, 0.4) is 0 Å². The van der Waals surface area contributed by atoms with Gasteiger partial charge in [-0.15, -0.1) is 0 Å². The number of nitrogens with zero attached hydrogens (tertiary/aromatic N) is 2. The highest BCUT2D eigenvalue weighted by Crippen LogP contribution is 2.34. The molecule has 1 fully saturated rings. The summed E-state index contributed by atoms with van der Waals surface area (Å²) in [5.41, 5.74) is 1.86. The summed E-state index contributed by atoms with van der Waals surface area (Å²) < 4.78 is 10.6. The normalized spacial score (nSPS) is 16.8. The fourth-order valence-electron chi connectivity index (χ4n) is 3.52. The van der Waals surface area contributed by atoms with Crippen molar-refractivity contribution in [3.05, 3.63) is 54.1 Å². The van der Waals surface area contributed by atoms with Crippen molar-refractivity contribution < 1.29 is 19.1 Å². The first-order chi connectivity index (χ1) is 14.6. The zero-order chi connectivity index (χ0) is 20.9. The lowest BCUT2D eigenvalue weighted by Gasteiger charge is -2.35. The molecular weight excluding hydrogens is 384 g/mol. The highest BCUT2D eigenvalue weighted by molar-refractivity contribution is 5.97. The summed E-state index contributed by atoms with van der Waals surface area (Å²) in [6, 6.07) is 14.6. The van der Waals surface area contributed by atoms with Gasteiger partial charge in [-0.1, -0.05) is 30.3 Å². The Hall–Kier alpha value is -3.26.